The zero-order chi connectivity index (χ0) is 25.7. The molecule has 4 rings (SSSR count). The normalized spacial score (nSPS) is 14.9. The molecule has 0 aliphatic carbocycles. The molecule has 2 aromatic carbocycles. The fourth-order valence-electron chi connectivity index (χ4n) is 4.63. The summed E-state index contributed by atoms with van der Waals surface area (Å²) in [4.78, 5) is 34.0. The van der Waals surface area contributed by atoms with E-state index in [1.807, 2.05) is 72.0 Å². The lowest BCUT2D eigenvalue weighted by atomic mass is 9.89. The van der Waals surface area contributed by atoms with Gasteiger partial charge in [-0.3, -0.25) is 19.8 Å². The summed E-state index contributed by atoms with van der Waals surface area (Å²) in [5.74, 6) is 0.246. The molecule has 0 spiro atoms. The van der Waals surface area contributed by atoms with Crippen LogP contribution in [-0.2, 0) is 33.5 Å². The lowest BCUT2D eigenvalue weighted by Crippen LogP contribution is -2.54. The number of rotatable bonds is 9. The van der Waals surface area contributed by atoms with Gasteiger partial charge in [0.05, 0.1) is 36.4 Å². The molecule has 1 N–H and O–H groups in total. The average Bonchev–Trinajstić information content (AvgIpc) is 3.54. The molecule has 0 bridgehead atoms. The zero-order valence-corrected chi connectivity index (χ0v) is 21.0. The summed E-state index contributed by atoms with van der Waals surface area (Å²) < 4.78 is 7.04. The summed E-state index contributed by atoms with van der Waals surface area (Å²) in [7, 11) is 1.92. The number of fused-ring (bicyclic) bond motifs is 1. The highest BCUT2D eigenvalue weighted by Crippen LogP contribution is 2.29. The van der Waals surface area contributed by atoms with Gasteiger partial charge in [0.25, 0.3) is 0 Å². The molecule has 0 radical (unpaired) electrons. The van der Waals surface area contributed by atoms with Gasteiger partial charge in [-0.25, -0.2) is 4.98 Å². The van der Waals surface area contributed by atoms with Gasteiger partial charge in [0.1, 0.15) is 11.4 Å². The number of imidazole rings is 1. The van der Waals surface area contributed by atoms with Gasteiger partial charge >= 0.3 is 5.97 Å². The Kier molecular flexibility index (Phi) is 7.55. The van der Waals surface area contributed by atoms with Crippen molar-refractivity contribution >= 4 is 28.6 Å². The summed E-state index contributed by atoms with van der Waals surface area (Å²) in [6, 6.07) is 15.2. The highest BCUT2D eigenvalue weighted by atomic mass is 16.5. The number of nitrogens with one attached hydrogen (secondary N) is 1. The molecule has 188 valence electrons. The highest BCUT2D eigenvalue weighted by molar-refractivity contribution is 5.90. The predicted octanol–water partition coefficient (Wildman–Crippen LogP) is 3.05. The molecule has 0 unspecified atom stereocenters. The van der Waals surface area contributed by atoms with Crippen molar-refractivity contribution in [3.8, 4) is 6.19 Å². The van der Waals surface area contributed by atoms with Crippen molar-refractivity contribution in [1.82, 2.24) is 19.8 Å². The van der Waals surface area contributed by atoms with Crippen molar-refractivity contribution < 1.29 is 14.3 Å². The van der Waals surface area contributed by atoms with Crippen molar-refractivity contribution in [2.24, 2.45) is 7.05 Å². The zero-order valence-electron chi connectivity index (χ0n) is 21.0. The Hall–Kier alpha value is -3.90. The van der Waals surface area contributed by atoms with E-state index in [9.17, 15) is 14.9 Å². The quantitative estimate of drug-likeness (QED) is 0.280. The van der Waals surface area contributed by atoms with Crippen molar-refractivity contribution in [3.05, 3.63) is 59.9 Å². The lowest BCUT2D eigenvalue weighted by Gasteiger charge is -2.33. The topological polar surface area (TPSA) is 103 Å². The van der Waals surface area contributed by atoms with Crippen LogP contribution in [0.5, 0.6) is 0 Å². The van der Waals surface area contributed by atoms with Crippen molar-refractivity contribution in [3.63, 3.8) is 0 Å². The number of para-hydroxylation sites is 1. The Morgan fingerprint density at radius 3 is 2.58 bits per heavy atom. The Bertz CT molecular complexity index is 1280. The van der Waals surface area contributed by atoms with Crippen LogP contribution >= 0.6 is 0 Å². The summed E-state index contributed by atoms with van der Waals surface area (Å²) >= 11 is 0. The molecule has 1 fully saturated rings. The molecule has 1 atom stereocenters. The van der Waals surface area contributed by atoms with Crippen LogP contribution in [0.1, 0.15) is 38.1 Å². The maximum Gasteiger partial charge on any atom is 0.319 e. The third kappa shape index (κ3) is 5.04. The standard InChI is InChI=1S/C27H32N6O3/c1-4-36-25(34)17-29-27(2,26(35)32-14-8-9-15-32)20-12-13-23-22(16-20)30-24(31(23)3)18-33(19-28)21-10-6-5-7-11-21/h5-7,10-13,16,29H,4,8-9,14-15,17-18H2,1-3H3/t27-/m1/s1. The lowest BCUT2D eigenvalue weighted by molar-refractivity contribution is -0.143. The van der Waals surface area contributed by atoms with Crippen molar-refractivity contribution in [2.75, 3.05) is 31.1 Å². The molecule has 36 heavy (non-hydrogen) atoms. The maximum absolute atomic E-state index is 13.6. The number of likely N-dealkylation sites (tertiary alicyclic amines) is 1. The van der Waals surface area contributed by atoms with Gasteiger partial charge in [0.2, 0.25) is 5.91 Å². The van der Waals surface area contributed by atoms with E-state index in [1.54, 1.807) is 11.8 Å². The molecule has 1 aliphatic heterocycles. The number of benzene rings is 2. The Labute approximate surface area is 211 Å². The Morgan fingerprint density at radius 1 is 1.19 bits per heavy atom. The summed E-state index contributed by atoms with van der Waals surface area (Å²) in [5.41, 5.74) is 2.00. The van der Waals surface area contributed by atoms with Gasteiger partial charge in [-0.2, -0.15) is 5.26 Å². The number of ether oxygens (including phenoxy) is 1. The molecule has 1 amide bonds. The van der Waals surface area contributed by atoms with Crippen LogP contribution in [0.3, 0.4) is 0 Å². The summed E-state index contributed by atoms with van der Waals surface area (Å²) in [6.45, 7) is 5.48. The predicted molar refractivity (Wildman–Crippen MR) is 137 cm³/mol. The average molecular weight is 489 g/mol. The van der Waals surface area contributed by atoms with E-state index in [-0.39, 0.29) is 19.1 Å². The Balaban J connectivity index is 1.67. The second kappa shape index (κ2) is 10.8. The first-order chi connectivity index (χ1) is 17.4. The van der Waals surface area contributed by atoms with E-state index in [1.165, 1.54) is 0 Å². The maximum atomic E-state index is 13.6. The fraction of sp³-hybridized carbons (Fsp3) is 0.407. The van der Waals surface area contributed by atoms with E-state index >= 15 is 0 Å². The van der Waals surface area contributed by atoms with Gasteiger partial charge in [-0.15, -0.1) is 0 Å². The first kappa shape index (κ1) is 25.2. The smallest absolute Gasteiger partial charge is 0.319 e. The number of anilines is 1. The van der Waals surface area contributed by atoms with Gasteiger partial charge in [-0.05, 0) is 56.5 Å². The first-order valence-electron chi connectivity index (χ1n) is 12.3. The third-order valence-corrected chi connectivity index (χ3v) is 6.75. The van der Waals surface area contributed by atoms with Crippen LogP contribution in [0.15, 0.2) is 48.5 Å². The van der Waals surface area contributed by atoms with Crippen LogP contribution in [0.2, 0.25) is 0 Å². The van der Waals surface area contributed by atoms with Crippen LogP contribution < -0.4 is 10.2 Å². The first-order valence-corrected chi connectivity index (χ1v) is 12.3. The SMILES string of the molecule is CCOC(=O)CN[C@@](C)(C(=O)N1CCCC1)c1ccc2c(c1)nc(CN(C#N)c1ccccc1)n2C. The molecule has 1 aromatic heterocycles. The monoisotopic (exact) mass is 488 g/mol. The largest absolute Gasteiger partial charge is 0.465 e. The molecular weight excluding hydrogens is 456 g/mol. The summed E-state index contributed by atoms with van der Waals surface area (Å²) in [6.07, 6.45) is 4.18. The van der Waals surface area contributed by atoms with E-state index in [0.717, 1.165) is 35.4 Å². The number of carbonyl (C=O) groups is 2. The van der Waals surface area contributed by atoms with Crippen molar-refractivity contribution in [1.29, 1.82) is 5.26 Å². The molecule has 9 heteroatoms. The summed E-state index contributed by atoms with van der Waals surface area (Å²) in [5, 5.41) is 12.9. The van der Waals surface area contributed by atoms with Gasteiger partial charge in [-0.1, -0.05) is 24.3 Å². The number of nitriles is 1. The third-order valence-electron chi connectivity index (χ3n) is 6.75. The van der Waals surface area contributed by atoms with E-state index < -0.39 is 11.5 Å². The number of hydrogen-bond acceptors (Lipinski definition) is 7. The minimum Gasteiger partial charge on any atom is -0.465 e. The van der Waals surface area contributed by atoms with E-state index in [2.05, 4.69) is 11.5 Å². The molecule has 3 aromatic rings. The van der Waals surface area contributed by atoms with Crippen LogP contribution in [0.25, 0.3) is 11.0 Å². The molecule has 1 aliphatic rings. The second-order valence-corrected chi connectivity index (χ2v) is 9.10. The van der Waals surface area contributed by atoms with Crippen LogP contribution in [0, 0.1) is 11.5 Å². The molecule has 0 saturated carbocycles. The number of hydrogen-bond donors (Lipinski definition) is 1. The number of carbonyl (C=O) groups excluding carboxylic acids is 2. The molecular formula is C27H32N6O3. The van der Waals surface area contributed by atoms with Gasteiger partial charge in [0.15, 0.2) is 6.19 Å². The minimum absolute atomic E-state index is 0.0699. The number of aromatic nitrogens is 2. The number of amides is 1. The molecule has 2 heterocycles. The molecule has 1 saturated heterocycles. The van der Waals surface area contributed by atoms with Gasteiger partial charge < -0.3 is 14.2 Å². The second-order valence-electron chi connectivity index (χ2n) is 9.10. The number of aryl methyl sites for hydroxylation is 1. The number of esters is 1. The van der Waals surface area contributed by atoms with Crippen molar-refractivity contribution in [2.45, 2.75) is 38.8 Å². The molecule has 9 nitrogen and oxygen atoms in total. The fourth-order valence-corrected chi connectivity index (χ4v) is 4.63. The minimum atomic E-state index is -1.12. The highest BCUT2D eigenvalue weighted by Gasteiger charge is 2.40. The van der Waals surface area contributed by atoms with E-state index in [0.29, 0.717) is 25.2 Å². The van der Waals surface area contributed by atoms with Crippen LogP contribution in [-0.4, -0.2) is 52.6 Å². The van der Waals surface area contributed by atoms with E-state index in [4.69, 9.17) is 9.72 Å². The van der Waals surface area contributed by atoms with Gasteiger partial charge in [0, 0.05) is 20.1 Å². The van der Waals surface area contributed by atoms with Crippen LogP contribution in [0.4, 0.5) is 5.69 Å². The number of nitrogens with zero attached hydrogens (tertiary/aromatic N) is 5. The Morgan fingerprint density at radius 2 is 1.92 bits per heavy atom.